The molecule has 0 radical (unpaired) electrons. The Morgan fingerprint density at radius 1 is 1.03 bits per heavy atom. The lowest BCUT2D eigenvalue weighted by Crippen LogP contribution is -2.18. The van der Waals surface area contributed by atoms with Crippen LogP contribution in [0.1, 0.15) is 29.9 Å². The number of aromatic amines is 1. The first-order valence-corrected chi connectivity index (χ1v) is 11.9. The van der Waals surface area contributed by atoms with Gasteiger partial charge in [-0.05, 0) is 79.4 Å². The Labute approximate surface area is 207 Å². The largest absolute Gasteiger partial charge is 0.383 e. The van der Waals surface area contributed by atoms with Crippen molar-refractivity contribution in [2.24, 2.45) is 0 Å². The van der Waals surface area contributed by atoms with E-state index in [1.54, 1.807) is 18.2 Å². The Bertz CT molecular complexity index is 1490. The van der Waals surface area contributed by atoms with Crippen LogP contribution >= 0.6 is 0 Å². The first-order valence-electron chi connectivity index (χ1n) is 11.9. The van der Waals surface area contributed by atoms with Gasteiger partial charge in [-0.15, -0.1) is 0 Å². The second-order valence-electron chi connectivity index (χ2n) is 9.52. The molecule has 2 aromatic carbocycles. The van der Waals surface area contributed by atoms with Crippen molar-refractivity contribution in [1.82, 2.24) is 14.9 Å². The third-order valence-corrected chi connectivity index (χ3v) is 6.77. The molecule has 0 atom stereocenters. The highest BCUT2D eigenvalue weighted by molar-refractivity contribution is 5.89. The van der Waals surface area contributed by atoms with Crippen LogP contribution < -0.4 is 11.3 Å². The number of H-pyrrole nitrogens is 1. The van der Waals surface area contributed by atoms with Gasteiger partial charge in [0.2, 0.25) is 5.95 Å². The number of nitrogens with one attached hydrogen (secondary N) is 1. The van der Waals surface area contributed by atoms with E-state index in [2.05, 4.69) is 20.9 Å². The molecule has 0 unspecified atom stereocenters. The summed E-state index contributed by atoms with van der Waals surface area (Å²) in [7, 11) is 4.02. The van der Waals surface area contributed by atoms with Gasteiger partial charge in [0.1, 0.15) is 11.6 Å². The minimum atomic E-state index is -0.672. The summed E-state index contributed by atoms with van der Waals surface area (Å²) >= 11 is 0. The smallest absolute Gasteiger partial charge is 0.256 e. The van der Waals surface area contributed by atoms with Crippen LogP contribution in [0, 0.1) is 11.8 Å². The van der Waals surface area contributed by atoms with E-state index in [4.69, 9.17) is 10.5 Å². The molecule has 1 aliphatic heterocycles. The number of hydrogen-bond acceptors (Lipinski definition) is 5. The van der Waals surface area contributed by atoms with Crippen LogP contribution in [0.3, 0.4) is 0 Å². The second-order valence-corrected chi connectivity index (χ2v) is 9.52. The molecule has 3 N–H and O–H groups in total. The highest BCUT2D eigenvalue weighted by Gasteiger charge is 2.21. The molecule has 5 rings (SSSR count). The number of pyridine rings is 2. The quantitative estimate of drug-likeness (QED) is 0.382. The second kappa shape index (κ2) is 9.79. The van der Waals surface area contributed by atoms with Crippen molar-refractivity contribution in [2.75, 3.05) is 33.0 Å². The molecule has 2 aromatic heterocycles. The summed E-state index contributed by atoms with van der Waals surface area (Å²) in [6.45, 7) is 2.20. The molecule has 4 aromatic rings. The summed E-state index contributed by atoms with van der Waals surface area (Å²) in [6.07, 6.45) is 2.95. The van der Waals surface area contributed by atoms with E-state index in [9.17, 15) is 9.18 Å². The van der Waals surface area contributed by atoms with Crippen LogP contribution in [0.4, 0.5) is 14.6 Å². The molecule has 1 aliphatic rings. The molecule has 6 nitrogen and oxygen atoms in total. The van der Waals surface area contributed by atoms with Crippen molar-refractivity contribution in [1.29, 1.82) is 0 Å². The highest BCUT2D eigenvalue weighted by Crippen LogP contribution is 2.36. The summed E-state index contributed by atoms with van der Waals surface area (Å²) in [5, 5.41) is 0.389. The number of nitrogens with zero attached hydrogens (tertiary/aromatic N) is 2. The molecule has 0 bridgehead atoms. The summed E-state index contributed by atoms with van der Waals surface area (Å²) in [5.41, 5.74) is 10.1. The lowest BCUT2D eigenvalue weighted by molar-refractivity contribution is 0.0850. The Morgan fingerprint density at radius 3 is 2.50 bits per heavy atom. The van der Waals surface area contributed by atoms with Crippen LogP contribution in [0.15, 0.2) is 53.5 Å². The van der Waals surface area contributed by atoms with E-state index in [-0.39, 0.29) is 22.1 Å². The van der Waals surface area contributed by atoms with Crippen LogP contribution in [0.25, 0.3) is 33.0 Å². The van der Waals surface area contributed by atoms with E-state index < -0.39 is 11.8 Å². The van der Waals surface area contributed by atoms with Crippen LogP contribution in [0.5, 0.6) is 0 Å². The summed E-state index contributed by atoms with van der Waals surface area (Å²) in [5.74, 6) is -0.830. The standard InChI is InChI=1S/C28H28F2N4O2/c1-34(2)15-19-11-17(3-5-20(19)16-7-9-36-10-8-16)22-13-23(27(31)33-26(22)30)18-4-6-21-24(12-18)25(29)14-32-28(21)35/h3-6,11-14,16H,7-10,15H2,1-2H3,(H2,31,33)(H,32,35). The fourth-order valence-electron chi connectivity index (χ4n) is 4.99. The van der Waals surface area contributed by atoms with Crippen LogP contribution in [-0.2, 0) is 11.3 Å². The minimum absolute atomic E-state index is 0.00631. The highest BCUT2D eigenvalue weighted by atomic mass is 19.1. The fourth-order valence-corrected chi connectivity index (χ4v) is 4.99. The van der Waals surface area contributed by atoms with Crippen molar-refractivity contribution in [2.45, 2.75) is 25.3 Å². The third kappa shape index (κ3) is 4.62. The first-order chi connectivity index (χ1) is 17.3. The molecule has 1 fully saturated rings. The number of fused-ring (bicyclic) bond motifs is 1. The first kappa shape index (κ1) is 24.1. The maximum Gasteiger partial charge on any atom is 0.256 e. The Hall–Kier alpha value is -3.62. The molecule has 186 valence electrons. The van der Waals surface area contributed by atoms with Crippen molar-refractivity contribution in [3.8, 4) is 22.3 Å². The number of hydrogen-bond donors (Lipinski definition) is 2. The molecule has 3 heterocycles. The van der Waals surface area contributed by atoms with Gasteiger partial charge in [0.05, 0.1) is 0 Å². The average Bonchev–Trinajstić information content (AvgIpc) is 2.86. The van der Waals surface area contributed by atoms with Crippen LogP contribution in [0.2, 0.25) is 0 Å². The van der Waals surface area contributed by atoms with E-state index in [1.165, 1.54) is 11.6 Å². The van der Waals surface area contributed by atoms with Crippen molar-refractivity contribution in [3.05, 3.63) is 81.9 Å². The van der Waals surface area contributed by atoms with Gasteiger partial charge in [-0.3, -0.25) is 4.79 Å². The van der Waals surface area contributed by atoms with E-state index in [1.807, 2.05) is 26.2 Å². The average molecular weight is 491 g/mol. The predicted octanol–water partition coefficient (Wildman–Crippen LogP) is 5.07. The van der Waals surface area contributed by atoms with E-state index in [0.717, 1.165) is 44.4 Å². The lowest BCUT2D eigenvalue weighted by Gasteiger charge is -2.26. The number of aromatic nitrogens is 2. The zero-order valence-electron chi connectivity index (χ0n) is 20.3. The SMILES string of the molecule is CN(C)Cc1cc(-c2cc(-c3ccc4c(=O)[nH]cc(F)c4c3)c(N)nc2F)ccc1C1CCOCC1. The maximum absolute atomic E-state index is 15.1. The van der Waals surface area contributed by atoms with Gasteiger partial charge in [0, 0.05) is 47.9 Å². The monoisotopic (exact) mass is 490 g/mol. The molecule has 8 heteroatoms. The summed E-state index contributed by atoms with van der Waals surface area (Å²) in [6, 6.07) is 12.4. The third-order valence-electron chi connectivity index (χ3n) is 6.77. The maximum atomic E-state index is 15.1. The molecule has 1 saturated heterocycles. The van der Waals surface area contributed by atoms with E-state index in [0.29, 0.717) is 28.2 Å². The number of anilines is 1. The zero-order chi connectivity index (χ0) is 25.4. The molecular weight excluding hydrogens is 462 g/mol. The lowest BCUT2D eigenvalue weighted by atomic mass is 9.86. The van der Waals surface area contributed by atoms with Gasteiger partial charge in [-0.1, -0.05) is 18.2 Å². The number of ether oxygens (including phenoxy) is 1. The molecule has 0 aliphatic carbocycles. The van der Waals surface area contributed by atoms with Gasteiger partial charge >= 0.3 is 0 Å². The Kier molecular flexibility index (Phi) is 6.55. The van der Waals surface area contributed by atoms with Gasteiger partial charge in [0.15, 0.2) is 0 Å². The normalized spacial score (nSPS) is 14.6. The molecule has 0 spiro atoms. The summed E-state index contributed by atoms with van der Waals surface area (Å²) in [4.78, 5) is 20.5. The topological polar surface area (TPSA) is 84.2 Å². The van der Waals surface area contributed by atoms with Gasteiger partial charge in [-0.2, -0.15) is 4.39 Å². The Balaban J connectivity index is 1.61. The Morgan fingerprint density at radius 2 is 1.75 bits per heavy atom. The number of nitrogen functional groups attached to an aromatic ring is 1. The van der Waals surface area contributed by atoms with E-state index >= 15 is 4.39 Å². The number of rotatable bonds is 5. The predicted molar refractivity (Wildman–Crippen MR) is 138 cm³/mol. The number of halogens is 2. The molecule has 36 heavy (non-hydrogen) atoms. The zero-order valence-corrected chi connectivity index (χ0v) is 20.3. The molecule has 0 amide bonds. The van der Waals surface area contributed by atoms with Crippen molar-refractivity contribution in [3.63, 3.8) is 0 Å². The number of benzene rings is 2. The van der Waals surface area contributed by atoms with Crippen LogP contribution in [-0.4, -0.2) is 42.2 Å². The minimum Gasteiger partial charge on any atom is -0.383 e. The van der Waals surface area contributed by atoms with Crippen molar-refractivity contribution >= 4 is 16.6 Å². The molecular formula is C28H28F2N4O2. The fraction of sp³-hybridized carbons (Fsp3) is 0.286. The van der Waals surface area contributed by atoms with Crippen molar-refractivity contribution < 1.29 is 13.5 Å². The summed E-state index contributed by atoms with van der Waals surface area (Å²) < 4.78 is 35.1. The van der Waals surface area contributed by atoms with Gasteiger partial charge < -0.3 is 20.4 Å². The number of nitrogens with two attached hydrogens (primary N) is 1. The van der Waals surface area contributed by atoms with Gasteiger partial charge in [-0.25, -0.2) is 9.37 Å². The van der Waals surface area contributed by atoms with Gasteiger partial charge in [0.25, 0.3) is 5.56 Å². The molecule has 0 saturated carbocycles.